The minimum Gasteiger partial charge on any atom is -0.368 e. The number of urea groups is 1. The highest BCUT2D eigenvalue weighted by atomic mass is 16.2. The van der Waals surface area contributed by atoms with Gasteiger partial charge < -0.3 is 15.1 Å². The van der Waals surface area contributed by atoms with Gasteiger partial charge in [-0.2, -0.15) is 0 Å². The van der Waals surface area contributed by atoms with Gasteiger partial charge in [0, 0.05) is 37.6 Å². The van der Waals surface area contributed by atoms with Crippen LogP contribution < -0.4 is 10.2 Å². The lowest BCUT2D eigenvalue weighted by Gasteiger charge is -2.36. The van der Waals surface area contributed by atoms with Crippen LogP contribution in [0.5, 0.6) is 0 Å². The van der Waals surface area contributed by atoms with Crippen LogP contribution in [-0.2, 0) is 0 Å². The molecule has 0 atom stereocenters. The molecule has 132 valence electrons. The van der Waals surface area contributed by atoms with Gasteiger partial charge in [0.15, 0.2) is 0 Å². The van der Waals surface area contributed by atoms with E-state index in [1.54, 1.807) is 0 Å². The summed E-state index contributed by atoms with van der Waals surface area (Å²) >= 11 is 0. The van der Waals surface area contributed by atoms with E-state index in [-0.39, 0.29) is 6.03 Å². The average Bonchev–Trinajstić information content (AvgIpc) is 2.57. The first-order chi connectivity index (χ1) is 11.9. The first kappa shape index (κ1) is 17.3. The highest BCUT2D eigenvalue weighted by Crippen LogP contribution is 2.21. The third kappa shape index (κ3) is 4.13. The van der Waals surface area contributed by atoms with Crippen LogP contribution in [0.1, 0.15) is 22.3 Å². The summed E-state index contributed by atoms with van der Waals surface area (Å²) in [5.74, 6) is 0. The molecule has 1 aliphatic heterocycles. The van der Waals surface area contributed by atoms with E-state index in [1.165, 1.54) is 16.8 Å². The van der Waals surface area contributed by atoms with Crippen LogP contribution in [0, 0.1) is 27.7 Å². The number of aryl methyl sites for hydroxylation is 4. The first-order valence-corrected chi connectivity index (χ1v) is 8.89. The Morgan fingerprint density at radius 2 is 1.48 bits per heavy atom. The molecule has 3 rings (SSSR count). The number of hydrogen-bond acceptors (Lipinski definition) is 2. The zero-order chi connectivity index (χ0) is 18.0. The lowest BCUT2D eigenvalue weighted by molar-refractivity contribution is 0.208. The van der Waals surface area contributed by atoms with E-state index in [4.69, 9.17) is 0 Å². The third-order valence-electron chi connectivity index (χ3n) is 4.77. The number of nitrogens with zero attached hydrogens (tertiary/aromatic N) is 2. The lowest BCUT2D eigenvalue weighted by atomic mass is 10.1. The molecule has 1 N–H and O–H groups in total. The normalized spacial score (nSPS) is 14.6. The van der Waals surface area contributed by atoms with Crippen molar-refractivity contribution in [2.75, 3.05) is 36.4 Å². The number of benzene rings is 2. The number of carbonyl (C=O) groups excluding carboxylic acids is 1. The molecule has 2 amide bonds. The molecule has 1 fully saturated rings. The minimum absolute atomic E-state index is 0.00577. The van der Waals surface area contributed by atoms with Crippen molar-refractivity contribution in [1.29, 1.82) is 0 Å². The Bertz CT molecular complexity index is 756. The quantitative estimate of drug-likeness (QED) is 0.888. The van der Waals surface area contributed by atoms with Crippen LogP contribution in [0.2, 0.25) is 0 Å². The minimum atomic E-state index is -0.00577. The van der Waals surface area contributed by atoms with Crippen LogP contribution >= 0.6 is 0 Å². The molecule has 2 aromatic carbocycles. The Hall–Kier alpha value is -2.49. The van der Waals surface area contributed by atoms with Crippen molar-refractivity contribution < 1.29 is 4.79 Å². The van der Waals surface area contributed by atoms with Gasteiger partial charge in [0.05, 0.1) is 0 Å². The third-order valence-corrected chi connectivity index (χ3v) is 4.77. The number of rotatable bonds is 2. The number of anilines is 2. The molecular weight excluding hydrogens is 310 g/mol. The van der Waals surface area contributed by atoms with Crippen LogP contribution in [-0.4, -0.2) is 37.1 Å². The standard InChI is InChI=1S/C21H27N3O/c1-15-5-6-18(4)20(14-15)22-21(25)24-9-7-23(8-10-24)19-12-16(2)11-17(3)13-19/h5-6,11-14H,7-10H2,1-4H3,(H,22,25). The molecule has 0 radical (unpaired) electrons. The molecule has 2 aromatic rings. The monoisotopic (exact) mass is 337 g/mol. The summed E-state index contributed by atoms with van der Waals surface area (Å²) in [4.78, 5) is 16.8. The molecule has 1 heterocycles. The molecule has 0 saturated carbocycles. The fourth-order valence-electron chi connectivity index (χ4n) is 3.37. The molecule has 0 unspecified atom stereocenters. The van der Waals surface area contributed by atoms with Gasteiger partial charge in [-0.3, -0.25) is 0 Å². The summed E-state index contributed by atoms with van der Waals surface area (Å²) < 4.78 is 0. The molecule has 0 aliphatic carbocycles. The van der Waals surface area contributed by atoms with Gasteiger partial charge in [0.25, 0.3) is 0 Å². The lowest BCUT2D eigenvalue weighted by Crippen LogP contribution is -2.50. The van der Waals surface area contributed by atoms with Crippen LogP contribution in [0.4, 0.5) is 16.2 Å². The maximum Gasteiger partial charge on any atom is 0.321 e. The zero-order valence-corrected chi connectivity index (χ0v) is 15.6. The molecule has 0 aromatic heterocycles. The predicted molar refractivity (Wildman–Crippen MR) is 105 cm³/mol. The van der Waals surface area contributed by atoms with E-state index >= 15 is 0 Å². The maximum absolute atomic E-state index is 12.6. The van der Waals surface area contributed by atoms with Crippen molar-refractivity contribution in [3.05, 3.63) is 58.7 Å². The van der Waals surface area contributed by atoms with Crippen molar-refractivity contribution in [1.82, 2.24) is 4.90 Å². The molecule has 25 heavy (non-hydrogen) atoms. The summed E-state index contributed by atoms with van der Waals surface area (Å²) in [6.45, 7) is 11.5. The molecule has 1 saturated heterocycles. The fourth-order valence-corrected chi connectivity index (χ4v) is 3.37. The van der Waals surface area contributed by atoms with Gasteiger partial charge in [-0.1, -0.05) is 18.2 Å². The van der Waals surface area contributed by atoms with Crippen molar-refractivity contribution >= 4 is 17.4 Å². The topological polar surface area (TPSA) is 35.6 Å². The molecule has 4 nitrogen and oxygen atoms in total. The van der Waals surface area contributed by atoms with E-state index in [9.17, 15) is 4.79 Å². The Morgan fingerprint density at radius 1 is 0.840 bits per heavy atom. The van der Waals surface area contributed by atoms with Crippen molar-refractivity contribution in [3.8, 4) is 0 Å². The summed E-state index contributed by atoms with van der Waals surface area (Å²) in [5.41, 5.74) is 6.97. The average molecular weight is 337 g/mol. The van der Waals surface area contributed by atoms with Crippen LogP contribution in [0.15, 0.2) is 36.4 Å². The summed E-state index contributed by atoms with van der Waals surface area (Å²) in [6, 6.07) is 12.8. The Labute approximate surface area is 150 Å². The van der Waals surface area contributed by atoms with Crippen LogP contribution in [0.25, 0.3) is 0 Å². The maximum atomic E-state index is 12.6. The van der Waals surface area contributed by atoms with Gasteiger partial charge >= 0.3 is 6.03 Å². The first-order valence-electron chi connectivity index (χ1n) is 8.89. The van der Waals surface area contributed by atoms with Gasteiger partial charge in [-0.05, 0) is 68.1 Å². The number of piperazine rings is 1. The van der Waals surface area contributed by atoms with E-state index in [0.717, 1.165) is 43.0 Å². The van der Waals surface area contributed by atoms with Gasteiger partial charge in [0.1, 0.15) is 0 Å². The predicted octanol–water partition coefficient (Wildman–Crippen LogP) is 4.27. The second-order valence-electron chi connectivity index (χ2n) is 7.07. The van der Waals surface area contributed by atoms with E-state index in [0.29, 0.717) is 0 Å². The number of hydrogen-bond donors (Lipinski definition) is 1. The molecule has 4 heteroatoms. The van der Waals surface area contributed by atoms with Gasteiger partial charge in [0.2, 0.25) is 0 Å². The molecule has 0 spiro atoms. The fraction of sp³-hybridized carbons (Fsp3) is 0.381. The van der Waals surface area contributed by atoms with Crippen molar-refractivity contribution in [3.63, 3.8) is 0 Å². The SMILES string of the molecule is Cc1cc(C)cc(N2CCN(C(=O)Nc3cc(C)ccc3C)CC2)c1. The van der Waals surface area contributed by atoms with E-state index < -0.39 is 0 Å². The van der Waals surface area contributed by atoms with E-state index in [2.05, 4.69) is 48.3 Å². The Kier molecular flexibility index (Phi) is 4.98. The highest BCUT2D eigenvalue weighted by Gasteiger charge is 2.22. The second-order valence-corrected chi connectivity index (χ2v) is 7.07. The number of nitrogens with one attached hydrogen (secondary N) is 1. The molecule has 1 aliphatic rings. The summed E-state index contributed by atoms with van der Waals surface area (Å²) in [6.07, 6.45) is 0. The van der Waals surface area contributed by atoms with Crippen molar-refractivity contribution in [2.24, 2.45) is 0 Å². The Balaban J connectivity index is 1.61. The van der Waals surface area contributed by atoms with E-state index in [1.807, 2.05) is 30.9 Å². The van der Waals surface area contributed by atoms with Crippen LogP contribution in [0.3, 0.4) is 0 Å². The van der Waals surface area contributed by atoms with Crippen molar-refractivity contribution in [2.45, 2.75) is 27.7 Å². The smallest absolute Gasteiger partial charge is 0.321 e. The largest absolute Gasteiger partial charge is 0.368 e. The zero-order valence-electron chi connectivity index (χ0n) is 15.6. The Morgan fingerprint density at radius 3 is 2.12 bits per heavy atom. The summed E-state index contributed by atoms with van der Waals surface area (Å²) in [5, 5.41) is 3.06. The van der Waals surface area contributed by atoms with Gasteiger partial charge in [-0.15, -0.1) is 0 Å². The summed E-state index contributed by atoms with van der Waals surface area (Å²) in [7, 11) is 0. The second kappa shape index (κ2) is 7.18. The molecule has 0 bridgehead atoms. The number of amides is 2. The molecular formula is C21H27N3O. The van der Waals surface area contributed by atoms with Gasteiger partial charge in [-0.25, -0.2) is 4.79 Å². The highest BCUT2D eigenvalue weighted by molar-refractivity contribution is 5.90. The number of carbonyl (C=O) groups is 1.